The Morgan fingerprint density at radius 1 is 0.950 bits per heavy atom. The molecule has 1 aliphatic rings. The van der Waals surface area contributed by atoms with E-state index in [4.69, 9.17) is 5.73 Å². The summed E-state index contributed by atoms with van der Waals surface area (Å²) in [6, 6.07) is 9.56. The summed E-state index contributed by atoms with van der Waals surface area (Å²) in [5, 5.41) is 0. The Bertz CT molecular complexity index is 637. The predicted molar refractivity (Wildman–Crippen MR) is 75.5 cm³/mol. The Hall–Kier alpha value is -1.74. The highest BCUT2D eigenvalue weighted by Gasteiger charge is 2.18. The summed E-state index contributed by atoms with van der Waals surface area (Å²) >= 11 is 0. The van der Waals surface area contributed by atoms with Crippen molar-refractivity contribution >= 4 is 0 Å². The van der Waals surface area contributed by atoms with E-state index in [1.54, 1.807) is 6.07 Å². The maximum Gasteiger partial charge on any atom is 0.163 e. The van der Waals surface area contributed by atoms with Gasteiger partial charge >= 0.3 is 0 Å². The molecule has 1 unspecified atom stereocenters. The first-order valence-electron chi connectivity index (χ1n) is 6.98. The first kappa shape index (κ1) is 13.3. The van der Waals surface area contributed by atoms with Crippen LogP contribution in [0.1, 0.15) is 41.1 Å². The van der Waals surface area contributed by atoms with Crippen molar-refractivity contribution in [3.63, 3.8) is 0 Å². The van der Waals surface area contributed by atoms with Crippen LogP contribution in [-0.4, -0.2) is 0 Å². The summed E-state index contributed by atoms with van der Waals surface area (Å²) in [5.74, 6) is -1.70. The highest BCUT2D eigenvalue weighted by molar-refractivity contribution is 5.39. The lowest BCUT2D eigenvalue weighted by molar-refractivity contribution is 0.494. The standard InChI is InChI=1S/C17H17F2N/c18-15-7-3-6-14(16(15)19)17(20)13-9-8-11-4-1-2-5-12(11)10-13/h3,6-10,17H,1-2,4-5,20H2. The molecule has 1 aliphatic carbocycles. The lowest BCUT2D eigenvalue weighted by atomic mass is 9.88. The SMILES string of the molecule is NC(c1ccc2c(c1)CCCC2)c1cccc(F)c1F. The van der Waals surface area contributed by atoms with Gasteiger partial charge in [-0.25, -0.2) is 8.78 Å². The molecule has 0 saturated heterocycles. The maximum absolute atomic E-state index is 13.8. The minimum absolute atomic E-state index is 0.209. The fourth-order valence-corrected chi connectivity index (χ4v) is 2.89. The average Bonchev–Trinajstić information content (AvgIpc) is 2.49. The third-order valence-corrected chi connectivity index (χ3v) is 4.05. The van der Waals surface area contributed by atoms with Crippen LogP contribution in [0.25, 0.3) is 0 Å². The highest BCUT2D eigenvalue weighted by Crippen LogP contribution is 2.28. The number of hydrogen-bond acceptors (Lipinski definition) is 1. The van der Waals surface area contributed by atoms with Gasteiger partial charge in [-0.3, -0.25) is 0 Å². The largest absolute Gasteiger partial charge is 0.320 e. The van der Waals surface area contributed by atoms with Crippen LogP contribution in [0.4, 0.5) is 8.78 Å². The van der Waals surface area contributed by atoms with Crippen molar-refractivity contribution in [2.75, 3.05) is 0 Å². The fraction of sp³-hybridized carbons (Fsp3) is 0.294. The van der Waals surface area contributed by atoms with Gasteiger partial charge in [0.2, 0.25) is 0 Å². The van der Waals surface area contributed by atoms with Crippen molar-refractivity contribution in [1.29, 1.82) is 0 Å². The highest BCUT2D eigenvalue weighted by atomic mass is 19.2. The first-order chi connectivity index (χ1) is 9.66. The minimum atomic E-state index is -0.851. The molecule has 1 atom stereocenters. The van der Waals surface area contributed by atoms with Crippen molar-refractivity contribution < 1.29 is 8.78 Å². The molecule has 3 rings (SSSR count). The second-order valence-corrected chi connectivity index (χ2v) is 5.36. The quantitative estimate of drug-likeness (QED) is 0.882. The van der Waals surface area contributed by atoms with Crippen LogP contribution in [0, 0.1) is 11.6 Å². The molecule has 20 heavy (non-hydrogen) atoms. The van der Waals surface area contributed by atoms with Crippen LogP contribution in [0.15, 0.2) is 36.4 Å². The van der Waals surface area contributed by atoms with Gasteiger partial charge in [-0.05, 0) is 48.4 Å². The first-order valence-corrected chi connectivity index (χ1v) is 6.98. The molecule has 2 aromatic carbocycles. The van der Waals surface area contributed by atoms with E-state index in [-0.39, 0.29) is 5.56 Å². The van der Waals surface area contributed by atoms with Crippen LogP contribution in [0.2, 0.25) is 0 Å². The van der Waals surface area contributed by atoms with E-state index in [0.29, 0.717) is 0 Å². The topological polar surface area (TPSA) is 26.0 Å². The molecule has 104 valence electrons. The molecule has 0 spiro atoms. The fourth-order valence-electron chi connectivity index (χ4n) is 2.89. The number of benzene rings is 2. The van der Waals surface area contributed by atoms with Crippen LogP contribution in [0.3, 0.4) is 0 Å². The number of aryl methyl sites for hydroxylation is 2. The summed E-state index contributed by atoms with van der Waals surface area (Å²) in [4.78, 5) is 0. The Labute approximate surface area is 117 Å². The van der Waals surface area contributed by atoms with Crippen molar-refractivity contribution in [2.45, 2.75) is 31.7 Å². The molecule has 0 fully saturated rings. The number of hydrogen-bond donors (Lipinski definition) is 1. The van der Waals surface area contributed by atoms with Crippen molar-refractivity contribution in [1.82, 2.24) is 0 Å². The molecule has 0 aliphatic heterocycles. The lowest BCUT2D eigenvalue weighted by Gasteiger charge is -2.19. The number of rotatable bonds is 2. The zero-order chi connectivity index (χ0) is 14.1. The van der Waals surface area contributed by atoms with Crippen molar-refractivity contribution in [3.8, 4) is 0 Å². The molecule has 0 heterocycles. The zero-order valence-electron chi connectivity index (χ0n) is 11.2. The molecule has 0 amide bonds. The Morgan fingerprint density at radius 2 is 1.70 bits per heavy atom. The summed E-state index contributed by atoms with van der Waals surface area (Å²) in [5.41, 5.74) is 9.81. The van der Waals surface area contributed by atoms with Gasteiger partial charge in [-0.1, -0.05) is 30.3 Å². The van der Waals surface area contributed by atoms with Gasteiger partial charge in [0, 0.05) is 5.56 Å². The van der Waals surface area contributed by atoms with Crippen molar-refractivity contribution in [3.05, 3.63) is 70.3 Å². The van der Waals surface area contributed by atoms with Gasteiger partial charge in [-0.2, -0.15) is 0 Å². The molecule has 2 N–H and O–H groups in total. The minimum Gasteiger partial charge on any atom is -0.320 e. The van der Waals surface area contributed by atoms with Crippen LogP contribution in [-0.2, 0) is 12.8 Å². The van der Waals surface area contributed by atoms with Crippen LogP contribution >= 0.6 is 0 Å². The average molecular weight is 273 g/mol. The maximum atomic E-state index is 13.8. The van der Waals surface area contributed by atoms with E-state index in [1.807, 2.05) is 12.1 Å². The lowest BCUT2D eigenvalue weighted by Crippen LogP contribution is -2.15. The third-order valence-electron chi connectivity index (χ3n) is 4.05. The van der Waals surface area contributed by atoms with Gasteiger partial charge in [0.25, 0.3) is 0 Å². The van der Waals surface area contributed by atoms with E-state index in [0.717, 1.165) is 24.5 Å². The molecule has 1 nitrogen and oxygen atoms in total. The van der Waals surface area contributed by atoms with E-state index in [9.17, 15) is 8.78 Å². The second-order valence-electron chi connectivity index (χ2n) is 5.36. The molecule has 0 aromatic heterocycles. The van der Waals surface area contributed by atoms with Crippen molar-refractivity contribution in [2.24, 2.45) is 5.73 Å². The van der Waals surface area contributed by atoms with Crippen LogP contribution in [0.5, 0.6) is 0 Å². The van der Waals surface area contributed by atoms with Gasteiger partial charge in [0.15, 0.2) is 11.6 Å². The van der Waals surface area contributed by atoms with Gasteiger partial charge in [0.1, 0.15) is 0 Å². The van der Waals surface area contributed by atoms with E-state index < -0.39 is 17.7 Å². The summed E-state index contributed by atoms with van der Waals surface area (Å²) in [6.07, 6.45) is 4.54. The number of fused-ring (bicyclic) bond motifs is 1. The second kappa shape index (κ2) is 5.33. The Kier molecular flexibility index (Phi) is 3.53. The van der Waals surface area contributed by atoms with Crippen LogP contribution < -0.4 is 5.73 Å². The number of nitrogens with two attached hydrogens (primary N) is 1. The van der Waals surface area contributed by atoms with Gasteiger partial charge < -0.3 is 5.73 Å². The van der Waals surface area contributed by atoms with E-state index in [2.05, 4.69) is 6.07 Å². The monoisotopic (exact) mass is 273 g/mol. The van der Waals surface area contributed by atoms with E-state index >= 15 is 0 Å². The molecular formula is C17H17F2N. The predicted octanol–water partition coefficient (Wildman–Crippen LogP) is 3.89. The Morgan fingerprint density at radius 3 is 2.50 bits per heavy atom. The summed E-state index contributed by atoms with van der Waals surface area (Å²) in [6.45, 7) is 0. The molecule has 3 heteroatoms. The molecule has 0 radical (unpaired) electrons. The number of halogens is 2. The molecular weight excluding hydrogens is 256 g/mol. The smallest absolute Gasteiger partial charge is 0.163 e. The molecule has 0 saturated carbocycles. The summed E-state index contributed by atoms with van der Waals surface area (Å²) < 4.78 is 27.1. The van der Waals surface area contributed by atoms with E-state index in [1.165, 1.54) is 30.0 Å². The normalized spacial score (nSPS) is 15.8. The van der Waals surface area contributed by atoms with Gasteiger partial charge in [0.05, 0.1) is 6.04 Å². The third kappa shape index (κ3) is 2.34. The summed E-state index contributed by atoms with van der Waals surface area (Å²) in [7, 11) is 0. The molecule has 0 bridgehead atoms. The Balaban J connectivity index is 1.98. The molecule has 2 aromatic rings. The van der Waals surface area contributed by atoms with Gasteiger partial charge in [-0.15, -0.1) is 0 Å². The zero-order valence-corrected chi connectivity index (χ0v) is 11.2.